The summed E-state index contributed by atoms with van der Waals surface area (Å²) in [7, 11) is 0. The standard InChI is InChI=1S/C14H27NO2/c1-4-5-6-13(14(16)17)15-12-8-7-10(2)11(3)9-12/h10-13,15H,4-9H2,1-3H3,(H,16,17). The van der Waals surface area contributed by atoms with Crippen molar-refractivity contribution in [2.24, 2.45) is 11.8 Å². The van der Waals surface area contributed by atoms with Crippen molar-refractivity contribution < 1.29 is 9.90 Å². The van der Waals surface area contributed by atoms with E-state index in [4.69, 9.17) is 0 Å². The molecule has 1 saturated carbocycles. The first-order valence-electron chi connectivity index (χ1n) is 7.03. The third-order valence-electron chi connectivity index (χ3n) is 4.18. The highest BCUT2D eigenvalue weighted by atomic mass is 16.4. The van der Waals surface area contributed by atoms with Crippen molar-refractivity contribution in [2.45, 2.75) is 71.4 Å². The van der Waals surface area contributed by atoms with Gasteiger partial charge in [0.15, 0.2) is 0 Å². The van der Waals surface area contributed by atoms with Crippen molar-refractivity contribution in [3.63, 3.8) is 0 Å². The third-order valence-corrected chi connectivity index (χ3v) is 4.18. The van der Waals surface area contributed by atoms with Crippen LogP contribution < -0.4 is 5.32 Å². The van der Waals surface area contributed by atoms with E-state index in [1.54, 1.807) is 0 Å². The van der Waals surface area contributed by atoms with E-state index in [0.29, 0.717) is 12.0 Å². The zero-order valence-electron chi connectivity index (χ0n) is 11.4. The lowest BCUT2D eigenvalue weighted by Gasteiger charge is -2.34. The molecule has 0 bridgehead atoms. The van der Waals surface area contributed by atoms with Crippen LogP contribution in [0.25, 0.3) is 0 Å². The molecule has 0 aliphatic heterocycles. The minimum Gasteiger partial charge on any atom is -0.480 e. The molecule has 2 N–H and O–H groups in total. The molecule has 0 aromatic rings. The first-order valence-corrected chi connectivity index (χ1v) is 7.03. The van der Waals surface area contributed by atoms with Crippen LogP contribution in [0.15, 0.2) is 0 Å². The highest BCUT2D eigenvalue weighted by Crippen LogP contribution is 2.29. The van der Waals surface area contributed by atoms with Gasteiger partial charge >= 0.3 is 5.97 Å². The molecule has 1 aliphatic rings. The molecule has 0 aromatic heterocycles. The number of hydrogen-bond donors (Lipinski definition) is 2. The summed E-state index contributed by atoms with van der Waals surface area (Å²) in [5, 5.41) is 12.5. The number of carbonyl (C=O) groups is 1. The maximum absolute atomic E-state index is 11.2. The molecule has 1 aliphatic carbocycles. The molecule has 0 radical (unpaired) electrons. The Balaban J connectivity index is 2.41. The summed E-state index contributed by atoms with van der Waals surface area (Å²) in [5.41, 5.74) is 0. The number of rotatable bonds is 6. The van der Waals surface area contributed by atoms with Gasteiger partial charge in [0.1, 0.15) is 6.04 Å². The van der Waals surface area contributed by atoms with Crippen LogP contribution in [-0.2, 0) is 4.79 Å². The molecule has 0 heterocycles. The zero-order valence-corrected chi connectivity index (χ0v) is 11.4. The van der Waals surface area contributed by atoms with Crippen molar-refractivity contribution in [3.8, 4) is 0 Å². The van der Waals surface area contributed by atoms with Crippen LogP contribution in [0.5, 0.6) is 0 Å². The van der Waals surface area contributed by atoms with Gasteiger partial charge in [0.2, 0.25) is 0 Å². The van der Waals surface area contributed by atoms with Crippen molar-refractivity contribution in [3.05, 3.63) is 0 Å². The van der Waals surface area contributed by atoms with Crippen molar-refractivity contribution >= 4 is 5.97 Å². The predicted octanol–water partition coefficient (Wildman–Crippen LogP) is 3.04. The summed E-state index contributed by atoms with van der Waals surface area (Å²) in [6.07, 6.45) is 6.27. The van der Waals surface area contributed by atoms with E-state index < -0.39 is 5.97 Å². The smallest absolute Gasteiger partial charge is 0.320 e. The Morgan fingerprint density at radius 3 is 2.59 bits per heavy atom. The Morgan fingerprint density at radius 1 is 1.35 bits per heavy atom. The SMILES string of the molecule is CCCCC(NC1CCC(C)C(C)C1)C(=O)O. The Labute approximate surface area is 105 Å². The lowest BCUT2D eigenvalue weighted by Crippen LogP contribution is -2.46. The molecule has 3 nitrogen and oxygen atoms in total. The first kappa shape index (κ1) is 14.5. The largest absolute Gasteiger partial charge is 0.480 e. The van der Waals surface area contributed by atoms with Crippen molar-refractivity contribution in [2.75, 3.05) is 0 Å². The van der Waals surface area contributed by atoms with Crippen molar-refractivity contribution in [1.29, 1.82) is 0 Å². The van der Waals surface area contributed by atoms with E-state index in [-0.39, 0.29) is 6.04 Å². The fraction of sp³-hybridized carbons (Fsp3) is 0.929. The molecule has 1 rings (SSSR count). The molecule has 3 heteroatoms. The highest BCUT2D eigenvalue weighted by Gasteiger charge is 2.27. The number of carboxylic acids is 1. The van der Waals surface area contributed by atoms with E-state index >= 15 is 0 Å². The Bertz CT molecular complexity index is 242. The average Bonchev–Trinajstić information content (AvgIpc) is 2.28. The number of carboxylic acid groups (broad SMARTS) is 1. The van der Waals surface area contributed by atoms with E-state index in [1.165, 1.54) is 6.42 Å². The molecule has 17 heavy (non-hydrogen) atoms. The Kier molecular flexibility index (Phi) is 5.96. The minimum atomic E-state index is -0.690. The molecule has 0 aromatic carbocycles. The van der Waals surface area contributed by atoms with Gasteiger partial charge in [0, 0.05) is 6.04 Å². The van der Waals surface area contributed by atoms with Crippen LogP contribution in [0.4, 0.5) is 0 Å². The van der Waals surface area contributed by atoms with Gasteiger partial charge in [-0.25, -0.2) is 0 Å². The van der Waals surface area contributed by atoms with Crippen LogP contribution in [0, 0.1) is 11.8 Å². The van der Waals surface area contributed by atoms with Gasteiger partial charge in [0.25, 0.3) is 0 Å². The van der Waals surface area contributed by atoms with Crippen molar-refractivity contribution in [1.82, 2.24) is 5.32 Å². The molecular weight excluding hydrogens is 214 g/mol. The summed E-state index contributed by atoms with van der Waals surface area (Å²) < 4.78 is 0. The van der Waals surface area contributed by atoms with Gasteiger partial charge in [-0.3, -0.25) is 4.79 Å². The number of nitrogens with one attached hydrogen (secondary N) is 1. The lowest BCUT2D eigenvalue weighted by molar-refractivity contribution is -0.140. The van der Waals surface area contributed by atoms with E-state index in [2.05, 4.69) is 26.1 Å². The molecule has 0 saturated heterocycles. The topological polar surface area (TPSA) is 49.3 Å². The summed E-state index contributed by atoms with van der Waals surface area (Å²) in [5.74, 6) is 0.804. The zero-order chi connectivity index (χ0) is 12.8. The van der Waals surface area contributed by atoms with E-state index in [9.17, 15) is 9.90 Å². The second-order valence-electron chi connectivity index (χ2n) is 5.66. The maximum Gasteiger partial charge on any atom is 0.320 e. The molecule has 4 unspecified atom stereocenters. The van der Waals surface area contributed by atoms with E-state index in [1.807, 2.05) is 0 Å². The first-order chi connectivity index (χ1) is 8.04. The number of hydrogen-bond acceptors (Lipinski definition) is 2. The number of aliphatic carboxylic acids is 1. The lowest BCUT2D eigenvalue weighted by atomic mass is 9.79. The summed E-state index contributed by atoms with van der Waals surface area (Å²) >= 11 is 0. The second kappa shape index (κ2) is 7.00. The van der Waals surface area contributed by atoms with Gasteiger partial charge in [0.05, 0.1) is 0 Å². The quantitative estimate of drug-likeness (QED) is 0.751. The van der Waals surface area contributed by atoms with Crippen LogP contribution in [0.1, 0.15) is 59.3 Å². The van der Waals surface area contributed by atoms with Gasteiger partial charge < -0.3 is 10.4 Å². The average molecular weight is 241 g/mol. The third kappa shape index (κ3) is 4.66. The van der Waals surface area contributed by atoms with Gasteiger partial charge in [-0.05, 0) is 37.5 Å². The highest BCUT2D eigenvalue weighted by molar-refractivity contribution is 5.73. The van der Waals surface area contributed by atoms with E-state index in [0.717, 1.165) is 38.0 Å². The Hall–Kier alpha value is -0.570. The van der Waals surface area contributed by atoms with Gasteiger partial charge in [-0.2, -0.15) is 0 Å². The summed E-state index contributed by atoms with van der Waals surface area (Å²) in [4.78, 5) is 11.2. The second-order valence-corrected chi connectivity index (χ2v) is 5.66. The molecule has 0 spiro atoms. The molecule has 4 atom stereocenters. The molecule has 100 valence electrons. The molecule has 1 fully saturated rings. The molecule has 0 amide bonds. The van der Waals surface area contributed by atoms with Crippen LogP contribution in [0.2, 0.25) is 0 Å². The fourth-order valence-electron chi connectivity index (χ4n) is 2.67. The van der Waals surface area contributed by atoms with Crippen LogP contribution in [-0.4, -0.2) is 23.2 Å². The number of unbranched alkanes of at least 4 members (excludes halogenated alkanes) is 1. The fourth-order valence-corrected chi connectivity index (χ4v) is 2.67. The molecular formula is C14H27NO2. The Morgan fingerprint density at radius 2 is 2.06 bits per heavy atom. The monoisotopic (exact) mass is 241 g/mol. The summed E-state index contributed by atoms with van der Waals surface area (Å²) in [6.45, 7) is 6.68. The van der Waals surface area contributed by atoms with Crippen LogP contribution in [0.3, 0.4) is 0 Å². The van der Waals surface area contributed by atoms with Gasteiger partial charge in [-0.1, -0.05) is 33.6 Å². The summed E-state index contributed by atoms with van der Waals surface area (Å²) in [6, 6.07) is 0.0553. The van der Waals surface area contributed by atoms with Gasteiger partial charge in [-0.15, -0.1) is 0 Å². The normalized spacial score (nSPS) is 31.1. The van der Waals surface area contributed by atoms with Crippen LogP contribution >= 0.6 is 0 Å². The minimum absolute atomic E-state index is 0.347. The maximum atomic E-state index is 11.2. The predicted molar refractivity (Wildman–Crippen MR) is 70.1 cm³/mol.